The molecule has 0 unspecified atom stereocenters. The first-order valence-corrected chi connectivity index (χ1v) is 7.43. The summed E-state index contributed by atoms with van der Waals surface area (Å²) in [4.78, 5) is 13.4. The van der Waals surface area contributed by atoms with Gasteiger partial charge in [-0.2, -0.15) is 0 Å². The van der Waals surface area contributed by atoms with Gasteiger partial charge in [-0.25, -0.2) is 0 Å². The van der Waals surface area contributed by atoms with Gasteiger partial charge in [0.1, 0.15) is 0 Å². The van der Waals surface area contributed by atoms with Crippen LogP contribution in [0.5, 0.6) is 0 Å². The summed E-state index contributed by atoms with van der Waals surface area (Å²) in [6.07, 6.45) is 1.95. The minimum absolute atomic E-state index is 0.182. The van der Waals surface area contributed by atoms with Crippen LogP contribution >= 0.6 is 32.4 Å². The summed E-state index contributed by atoms with van der Waals surface area (Å²) in [5, 5.41) is 0. The first-order valence-electron chi connectivity index (χ1n) is 4.05. The number of benzene rings is 1. The summed E-state index contributed by atoms with van der Waals surface area (Å²) in [6, 6.07) is 10.1. The molecule has 1 heterocycles. The van der Waals surface area contributed by atoms with Crippen molar-refractivity contribution in [1.29, 1.82) is 0 Å². The van der Waals surface area contributed by atoms with Crippen LogP contribution in [0.15, 0.2) is 40.0 Å². The van der Waals surface area contributed by atoms with Gasteiger partial charge >= 0.3 is 0 Å². The van der Waals surface area contributed by atoms with E-state index in [1.807, 2.05) is 36.6 Å². The highest BCUT2D eigenvalue weighted by molar-refractivity contribution is 7.99. The van der Waals surface area contributed by atoms with Crippen molar-refractivity contribution in [3.8, 4) is 10.4 Å². The molecule has 0 bridgehead atoms. The van der Waals surface area contributed by atoms with Crippen molar-refractivity contribution >= 4 is 32.4 Å². The van der Waals surface area contributed by atoms with Gasteiger partial charge in [-0.3, -0.25) is 4.79 Å². The highest BCUT2D eigenvalue weighted by Crippen LogP contribution is 2.33. The van der Waals surface area contributed by atoms with Gasteiger partial charge in [-0.1, -0.05) is 40.7 Å². The van der Waals surface area contributed by atoms with Crippen LogP contribution in [-0.2, 0) is 0 Å². The summed E-state index contributed by atoms with van der Waals surface area (Å²) < 4.78 is 0.182. The molecule has 0 N–H and O–H groups in total. The van der Waals surface area contributed by atoms with Crippen LogP contribution in [-0.4, -0.2) is 6.26 Å². The lowest BCUT2D eigenvalue weighted by Gasteiger charge is -1.97. The second-order valence-corrected chi connectivity index (χ2v) is 5.61. The summed E-state index contributed by atoms with van der Waals surface area (Å²) in [7, 11) is 2.88. The third-order valence-corrected chi connectivity index (χ3v) is 5.14. The van der Waals surface area contributed by atoms with E-state index in [1.165, 1.54) is 22.1 Å². The Hall–Kier alpha value is -0.580. The molecule has 14 heavy (non-hydrogen) atoms. The maximum Gasteiger partial charge on any atom is 0.257 e. The van der Waals surface area contributed by atoms with E-state index >= 15 is 0 Å². The Morgan fingerprint density at radius 2 is 1.86 bits per heavy atom. The molecular formula is C10H8OS3. The lowest BCUT2D eigenvalue weighted by molar-refractivity contribution is 1.50. The second kappa shape index (κ2) is 4.29. The van der Waals surface area contributed by atoms with Crippen LogP contribution < -0.4 is 4.74 Å². The van der Waals surface area contributed by atoms with Gasteiger partial charge in [-0.05, 0) is 22.2 Å². The Kier molecular flexibility index (Phi) is 3.05. The Balaban J connectivity index is 2.57. The first-order chi connectivity index (χ1) is 6.83. The largest absolute Gasteiger partial charge is 0.276 e. The van der Waals surface area contributed by atoms with Crippen LogP contribution in [0, 0.1) is 0 Å². The minimum Gasteiger partial charge on any atom is -0.276 e. The molecule has 2 rings (SSSR count). The molecule has 2 aromatic rings. The molecule has 1 aromatic carbocycles. The number of thioether (sulfide) groups is 1. The van der Waals surface area contributed by atoms with Crippen molar-refractivity contribution in [3.05, 3.63) is 39.9 Å². The lowest BCUT2D eigenvalue weighted by Crippen LogP contribution is -1.91. The molecule has 0 aliphatic heterocycles. The number of rotatable bonds is 2. The van der Waals surface area contributed by atoms with Crippen LogP contribution in [0.1, 0.15) is 0 Å². The molecule has 0 amide bonds. The molecule has 1 nitrogen and oxygen atoms in total. The Morgan fingerprint density at radius 3 is 2.50 bits per heavy atom. The van der Waals surface area contributed by atoms with Crippen molar-refractivity contribution in [3.63, 3.8) is 0 Å². The molecule has 0 saturated heterocycles. The third-order valence-electron chi connectivity index (χ3n) is 1.83. The lowest BCUT2D eigenvalue weighted by atomic mass is 10.2. The van der Waals surface area contributed by atoms with Gasteiger partial charge in [0.05, 0.1) is 9.77 Å². The Bertz CT molecular complexity index is 470. The highest BCUT2D eigenvalue weighted by Gasteiger charge is 2.10. The van der Waals surface area contributed by atoms with E-state index in [0.717, 1.165) is 15.3 Å². The van der Waals surface area contributed by atoms with Crippen LogP contribution in [0.3, 0.4) is 0 Å². The van der Waals surface area contributed by atoms with Gasteiger partial charge in [0.25, 0.3) is 4.74 Å². The summed E-state index contributed by atoms with van der Waals surface area (Å²) in [5.74, 6) is 0. The van der Waals surface area contributed by atoms with Gasteiger partial charge < -0.3 is 0 Å². The smallest absolute Gasteiger partial charge is 0.257 e. The topological polar surface area (TPSA) is 17.1 Å². The monoisotopic (exact) mass is 240 g/mol. The first kappa shape index (κ1) is 9.96. The molecular weight excluding hydrogens is 232 g/mol. The van der Waals surface area contributed by atoms with Gasteiger partial charge in [-0.15, -0.1) is 11.8 Å². The van der Waals surface area contributed by atoms with E-state index in [9.17, 15) is 4.79 Å². The van der Waals surface area contributed by atoms with Gasteiger partial charge in [0.15, 0.2) is 0 Å². The normalized spacial score (nSPS) is 10.4. The third kappa shape index (κ3) is 1.78. The molecule has 72 valence electrons. The van der Waals surface area contributed by atoms with E-state index in [4.69, 9.17) is 0 Å². The number of hydrogen-bond donors (Lipinski definition) is 0. The van der Waals surface area contributed by atoms with Crippen LogP contribution in [0.4, 0.5) is 0 Å². The van der Waals surface area contributed by atoms with Crippen LogP contribution in [0.2, 0.25) is 0 Å². The predicted molar refractivity (Wildman–Crippen MR) is 65.7 cm³/mol. The van der Waals surface area contributed by atoms with Crippen molar-refractivity contribution in [2.45, 2.75) is 4.90 Å². The molecule has 0 spiro atoms. The fourth-order valence-electron chi connectivity index (χ4n) is 1.19. The van der Waals surface area contributed by atoms with Gasteiger partial charge in [0, 0.05) is 0 Å². The molecule has 0 radical (unpaired) electrons. The fraction of sp³-hybridized carbons (Fsp3) is 0.100. The van der Waals surface area contributed by atoms with E-state index in [2.05, 4.69) is 0 Å². The van der Waals surface area contributed by atoms with Gasteiger partial charge in [0.2, 0.25) is 0 Å². The van der Waals surface area contributed by atoms with Crippen LogP contribution in [0.25, 0.3) is 10.4 Å². The predicted octanol–water partition coefficient (Wildman–Crippen LogP) is 3.56. The average Bonchev–Trinajstić information content (AvgIpc) is 2.61. The van der Waals surface area contributed by atoms with Crippen molar-refractivity contribution < 1.29 is 0 Å². The average molecular weight is 240 g/mol. The SMILES string of the molecule is CSc1c(-c2ccccc2)ssc1=O. The highest BCUT2D eigenvalue weighted by atomic mass is 32.9. The van der Waals surface area contributed by atoms with E-state index in [-0.39, 0.29) is 4.74 Å². The molecule has 0 fully saturated rings. The Labute approximate surface area is 93.8 Å². The molecule has 0 aliphatic carbocycles. The zero-order valence-corrected chi connectivity index (χ0v) is 9.97. The molecule has 1 aromatic heterocycles. The maximum absolute atomic E-state index is 11.5. The second-order valence-electron chi connectivity index (χ2n) is 2.68. The minimum atomic E-state index is 0.182. The Morgan fingerprint density at radius 1 is 1.14 bits per heavy atom. The molecule has 4 heteroatoms. The van der Waals surface area contributed by atoms with Crippen molar-refractivity contribution in [2.24, 2.45) is 0 Å². The maximum atomic E-state index is 11.5. The summed E-state index contributed by atoms with van der Waals surface area (Å²) in [6.45, 7) is 0. The van der Waals surface area contributed by atoms with E-state index in [1.54, 1.807) is 10.3 Å². The van der Waals surface area contributed by atoms with E-state index in [0.29, 0.717) is 0 Å². The molecule has 0 saturated carbocycles. The zero-order chi connectivity index (χ0) is 9.97. The fourth-order valence-corrected chi connectivity index (χ4v) is 4.80. The molecule has 0 aliphatic rings. The molecule has 0 atom stereocenters. The van der Waals surface area contributed by atoms with E-state index < -0.39 is 0 Å². The zero-order valence-electron chi connectivity index (χ0n) is 7.52. The van der Waals surface area contributed by atoms with Crippen molar-refractivity contribution in [2.75, 3.05) is 6.26 Å². The summed E-state index contributed by atoms with van der Waals surface area (Å²) in [5.41, 5.74) is 1.14. The quantitative estimate of drug-likeness (QED) is 0.590. The number of hydrogen-bond acceptors (Lipinski definition) is 4. The van der Waals surface area contributed by atoms with Crippen molar-refractivity contribution in [1.82, 2.24) is 0 Å². The summed E-state index contributed by atoms with van der Waals surface area (Å²) >= 11 is 1.53. The standard InChI is InChI=1S/C10H8OS3/c1-12-9-8(13-14-10(9)11)7-5-3-2-4-6-7/h2-6H,1H3.